The Hall–Kier alpha value is -1.83. The smallest absolute Gasteiger partial charge is 0.309 e. The molecule has 1 aliphatic heterocycles. The molecule has 2 rings (SSSR count). The fourth-order valence-electron chi connectivity index (χ4n) is 4.55. The largest absolute Gasteiger partial charge is 0.454 e. The van der Waals surface area contributed by atoms with Crippen molar-refractivity contribution in [3.05, 3.63) is 33.3 Å². The summed E-state index contributed by atoms with van der Waals surface area (Å²) in [6.07, 6.45) is 4.74. The lowest BCUT2D eigenvalue weighted by Gasteiger charge is -2.35. The number of rotatable bonds is 2. The Bertz CT molecular complexity index is 962. The molecule has 35 heavy (non-hydrogen) atoms. The van der Waals surface area contributed by atoms with Crippen molar-refractivity contribution in [2.24, 2.45) is 17.3 Å². The Balaban J connectivity index is 2.41. The number of ketones is 1. The number of hydrogen-bond acceptors (Lipinski definition) is 7. The summed E-state index contributed by atoms with van der Waals surface area (Å²) in [6, 6.07) is 0. The summed E-state index contributed by atoms with van der Waals surface area (Å²) in [6.45, 7) is 14.7. The lowest BCUT2D eigenvalue weighted by atomic mass is 9.73. The number of aliphatic hydroxyl groups is 2. The zero-order chi connectivity index (χ0) is 26.6. The first kappa shape index (κ1) is 29.4. The first-order chi connectivity index (χ1) is 16.2. The number of cyclic esters (lactones) is 1. The summed E-state index contributed by atoms with van der Waals surface area (Å²) < 4.78 is 6.00. The third-order valence-electron chi connectivity index (χ3n) is 7.58. The molecular weight excluding hydrogens is 462 g/mol. The number of ether oxygens (including phenoxy) is 1. The number of aromatic nitrogens is 1. The minimum Gasteiger partial charge on any atom is -0.454 e. The summed E-state index contributed by atoms with van der Waals surface area (Å²) in [5.74, 6) is -1.52. The number of nitrogens with zero attached hydrogens (tertiary/aromatic N) is 1. The van der Waals surface area contributed by atoms with E-state index in [1.165, 1.54) is 5.57 Å². The van der Waals surface area contributed by atoms with Crippen LogP contribution >= 0.6 is 11.3 Å². The van der Waals surface area contributed by atoms with Crippen molar-refractivity contribution in [3.8, 4) is 0 Å². The molecule has 0 fully saturated rings. The number of hydrogen-bond donors (Lipinski definition) is 2. The third-order valence-corrected chi connectivity index (χ3v) is 8.37. The van der Waals surface area contributed by atoms with Crippen LogP contribution in [0.2, 0.25) is 0 Å². The molecule has 0 amide bonds. The fourth-order valence-corrected chi connectivity index (χ4v) is 5.12. The van der Waals surface area contributed by atoms with Crippen LogP contribution in [0.25, 0.3) is 6.08 Å². The van der Waals surface area contributed by atoms with Crippen molar-refractivity contribution in [1.82, 2.24) is 4.98 Å². The molecule has 1 aromatic rings. The number of thiazole rings is 1. The number of carbonyl (C=O) groups is 2. The molecule has 5 unspecified atom stereocenters. The van der Waals surface area contributed by atoms with Gasteiger partial charge in [-0.1, -0.05) is 39.3 Å². The Morgan fingerprint density at radius 1 is 1.20 bits per heavy atom. The third kappa shape index (κ3) is 7.58. The van der Waals surface area contributed by atoms with Gasteiger partial charge < -0.3 is 14.9 Å². The molecule has 1 aliphatic rings. The number of allylic oxidation sites excluding steroid dienone is 1. The molecule has 0 aliphatic carbocycles. The quantitative estimate of drug-likeness (QED) is 0.398. The average Bonchev–Trinajstić information content (AvgIpc) is 3.19. The fraction of sp³-hybridized carbons (Fsp3) is 0.679. The van der Waals surface area contributed by atoms with Crippen molar-refractivity contribution in [3.63, 3.8) is 0 Å². The molecule has 6 nitrogen and oxygen atoms in total. The van der Waals surface area contributed by atoms with Crippen LogP contribution in [-0.4, -0.2) is 44.8 Å². The van der Waals surface area contributed by atoms with E-state index in [0.29, 0.717) is 6.42 Å². The molecule has 0 radical (unpaired) electrons. The van der Waals surface area contributed by atoms with Crippen molar-refractivity contribution < 1.29 is 24.5 Å². The van der Waals surface area contributed by atoms with Crippen molar-refractivity contribution in [2.75, 3.05) is 0 Å². The standard InChI is InChI=1S/C28H43NO5S/c1-17-10-9-11-18(2)25(32)20(4)26(33)27(6,7)23(30)15-24(31)34-28(8,13-12-17)19(3)14-22-16-35-21(5)29-22/h12,14,16,18,20,23,25,30,32H,9-11,13,15H2,1-8H3/b17-12-,19-14?. The van der Waals surface area contributed by atoms with Crippen LogP contribution in [0.4, 0.5) is 0 Å². The highest BCUT2D eigenvalue weighted by Gasteiger charge is 2.43. The highest BCUT2D eigenvalue weighted by atomic mass is 32.1. The summed E-state index contributed by atoms with van der Waals surface area (Å²) in [5, 5.41) is 24.6. The van der Waals surface area contributed by atoms with Gasteiger partial charge in [0.25, 0.3) is 0 Å². The second-order valence-electron chi connectivity index (χ2n) is 11.0. The maximum Gasteiger partial charge on any atom is 0.309 e. The molecule has 2 N–H and O–H groups in total. The summed E-state index contributed by atoms with van der Waals surface area (Å²) in [7, 11) is 0. The maximum absolute atomic E-state index is 13.2. The molecule has 7 heteroatoms. The van der Waals surface area contributed by atoms with Crippen LogP contribution in [0.1, 0.15) is 91.3 Å². The molecular formula is C28H43NO5S. The first-order valence-electron chi connectivity index (χ1n) is 12.6. The van der Waals surface area contributed by atoms with Crippen molar-refractivity contribution in [2.45, 2.75) is 105 Å². The van der Waals surface area contributed by atoms with E-state index >= 15 is 0 Å². The van der Waals surface area contributed by atoms with Gasteiger partial charge >= 0.3 is 5.97 Å². The van der Waals surface area contributed by atoms with Crippen LogP contribution in [0, 0.1) is 24.2 Å². The summed E-state index contributed by atoms with van der Waals surface area (Å²) in [5.41, 5.74) is 0.743. The molecule has 0 aromatic carbocycles. The Labute approximate surface area is 214 Å². The molecule has 0 saturated carbocycles. The van der Waals surface area contributed by atoms with Gasteiger partial charge in [-0.2, -0.15) is 0 Å². The second kappa shape index (κ2) is 11.9. The summed E-state index contributed by atoms with van der Waals surface area (Å²) >= 11 is 1.56. The number of carbonyl (C=O) groups excluding carboxylic acids is 2. The van der Waals surface area contributed by atoms with Gasteiger partial charge in [-0.3, -0.25) is 9.59 Å². The number of Topliss-reactive ketones (excluding diaryl/α,β-unsaturated/α-hetero) is 1. The van der Waals surface area contributed by atoms with Crippen LogP contribution in [0.15, 0.2) is 22.6 Å². The molecule has 2 heterocycles. The normalized spacial score (nSPS) is 33.7. The minimum atomic E-state index is -1.23. The number of esters is 1. The zero-order valence-electron chi connectivity index (χ0n) is 22.6. The second-order valence-corrected chi connectivity index (χ2v) is 12.1. The van der Waals surface area contributed by atoms with E-state index in [9.17, 15) is 19.8 Å². The van der Waals surface area contributed by atoms with E-state index < -0.39 is 35.1 Å². The van der Waals surface area contributed by atoms with E-state index in [4.69, 9.17) is 4.74 Å². The monoisotopic (exact) mass is 505 g/mol. The van der Waals surface area contributed by atoms with Crippen LogP contribution < -0.4 is 0 Å². The molecule has 0 spiro atoms. The number of aryl methyl sites for hydroxylation is 1. The Kier molecular flexibility index (Phi) is 10.0. The van der Waals surface area contributed by atoms with E-state index in [1.807, 2.05) is 39.2 Å². The van der Waals surface area contributed by atoms with E-state index in [-0.39, 0.29) is 18.1 Å². The first-order valence-corrected chi connectivity index (χ1v) is 13.4. The highest BCUT2D eigenvalue weighted by molar-refractivity contribution is 7.09. The Morgan fingerprint density at radius 2 is 1.86 bits per heavy atom. The van der Waals surface area contributed by atoms with Gasteiger partial charge in [0, 0.05) is 17.7 Å². The van der Waals surface area contributed by atoms with E-state index in [1.54, 1.807) is 32.1 Å². The lowest BCUT2D eigenvalue weighted by Crippen LogP contribution is -2.46. The average molecular weight is 506 g/mol. The van der Waals surface area contributed by atoms with Crippen molar-refractivity contribution >= 4 is 29.2 Å². The van der Waals surface area contributed by atoms with Crippen molar-refractivity contribution in [1.29, 1.82) is 0 Å². The van der Waals surface area contributed by atoms with Gasteiger partial charge in [0.05, 0.1) is 34.7 Å². The maximum atomic E-state index is 13.2. The molecule has 0 bridgehead atoms. The Morgan fingerprint density at radius 3 is 2.46 bits per heavy atom. The molecule has 0 saturated heterocycles. The molecule has 196 valence electrons. The van der Waals surface area contributed by atoms with Gasteiger partial charge in [-0.15, -0.1) is 11.3 Å². The van der Waals surface area contributed by atoms with Crippen LogP contribution in [0.5, 0.6) is 0 Å². The predicted octanol–water partition coefficient (Wildman–Crippen LogP) is 5.66. The summed E-state index contributed by atoms with van der Waals surface area (Å²) in [4.78, 5) is 30.8. The van der Waals surface area contributed by atoms with Gasteiger partial charge in [-0.05, 0) is 64.5 Å². The van der Waals surface area contributed by atoms with E-state index in [0.717, 1.165) is 35.5 Å². The highest BCUT2D eigenvalue weighted by Crippen LogP contribution is 2.34. The predicted molar refractivity (Wildman–Crippen MR) is 141 cm³/mol. The molecule has 5 atom stereocenters. The van der Waals surface area contributed by atoms with Crippen LogP contribution in [0.3, 0.4) is 0 Å². The lowest BCUT2D eigenvalue weighted by molar-refractivity contribution is -0.160. The number of aliphatic hydroxyl groups excluding tert-OH is 2. The SMILES string of the molecule is CC(=Cc1csc(C)n1)C1(C)C/C=C(/C)CCCC(C)C(O)C(C)C(=O)C(C)(C)C(O)CC(=O)O1. The van der Waals surface area contributed by atoms with Gasteiger partial charge in [0.2, 0.25) is 0 Å². The van der Waals surface area contributed by atoms with Crippen LogP contribution in [-0.2, 0) is 14.3 Å². The molecule has 1 aromatic heterocycles. The minimum absolute atomic E-state index is 0.0513. The van der Waals surface area contributed by atoms with Gasteiger partial charge in [0.1, 0.15) is 11.4 Å². The van der Waals surface area contributed by atoms with E-state index in [2.05, 4.69) is 18.0 Å². The topological polar surface area (TPSA) is 96.7 Å². The zero-order valence-corrected chi connectivity index (χ0v) is 23.4. The van der Waals surface area contributed by atoms with Gasteiger partial charge in [-0.25, -0.2) is 4.98 Å². The van der Waals surface area contributed by atoms with Gasteiger partial charge in [0.15, 0.2) is 0 Å².